The van der Waals surface area contributed by atoms with E-state index in [4.69, 9.17) is 4.98 Å². The molecular formula is C20H26N6O. The Morgan fingerprint density at radius 2 is 2.07 bits per heavy atom. The zero-order valence-electron chi connectivity index (χ0n) is 15.9. The van der Waals surface area contributed by atoms with Crippen molar-refractivity contribution in [2.45, 2.75) is 31.8 Å². The van der Waals surface area contributed by atoms with Gasteiger partial charge in [-0.3, -0.25) is 4.79 Å². The van der Waals surface area contributed by atoms with Crippen molar-refractivity contribution in [1.82, 2.24) is 29.3 Å². The molecule has 2 aromatic heterocycles. The molecule has 1 aliphatic carbocycles. The van der Waals surface area contributed by atoms with E-state index in [2.05, 4.69) is 25.5 Å². The highest BCUT2D eigenvalue weighted by atomic mass is 16.2. The second-order valence-electron chi connectivity index (χ2n) is 7.51. The number of hydrogen-bond acceptors (Lipinski definition) is 4. The average Bonchev–Trinajstić information content (AvgIpc) is 3.25. The van der Waals surface area contributed by atoms with Crippen LogP contribution in [-0.4, -0.2) is 62.4 Å². The Hall–Kier alpha value is -2.67. The van der Waals surface area contributed by atoms with Gasteiger partial charge < -0.3 is 19.4 Å². The number of aromatic amines is 1. The molecule has 0 bridgehead atoms. The molecule has 7 nitrogen and oxygen atoms in total. The first-order valence-corrected chi connectivity index (χ1v) is 9.46. The van der Waals surface area contributed by atoms with Gasteiger partial charge in [-0.15, -0.1) is 0 Å². The number of rotatable bonds is 8. The molecule has 0 radical (unpaired) electrons. The number of H-pyrrole nitrogens is 1. The minimum atomic E-state index is 0.108. The van der Waals surface area contributed by atoms with Gasteiger partial charge in [0, 0.05) is 25.2 Å². The van der Waals surface area contributed by atoms with E-state index < -0.39 is 0 Å². The summed E-state index contributed by atoms with van der Waals surface area (Å²) in [6.45, 7) is 2.36. The first kappa shape index (κ1) is 17.7. The molecule has 0 aliphatic heterocycles. The van der Waals surface area contributed by atoms with Gasteiger partial charge in [0.25, 0.3) is 0 Å². The summed E-state index contributed by atoms with van der Waals surface area (Å²) in [5.41, 5.74) is 2.96. The fourth-order valence-corrected chi connectivity index (χ4v) is 3.34. The smallest absolute Gasteiger partial charge is 0.242 e. The normalized spacial score (nSPS) is 14.2. The van der Waals surface area contributed by atoms with Gasteiger partial charge in [-0.05, 0) is 39.1 Å². The van der Waals surface area contributed by atoms with E-state index >= 15 is 0 Å². The Labute approximate surface area is 159 Å². The summed E-state index contributed by atoms with van der Waals surface area (Å²) in [6.07, 6.45) is 5.75. The second kappa shape index (κ2) is 7.52. The van der Waals surface area contributed by atoms with Crippen LogP contribution in [0.4, 0.5) is 0 Å². The predicted octanol–water partition coefficient (Wildman–Crippen LogP) is 2.23. The summed E-state index contributed by atoms with van der Waals surface area (Å²) < 4.78 is 2.12. The quantitative estimate of drug-likeness (QED) is 0.664. The van der Waals surface area contributed by atoms with Crippen LogP contribution in [-0.2, 0) is 17.9 Å². The van der Waals surface area contributed by atoms with Crippen molar-refractivity contribution >= 4 is 16.9 Å². The SMILES string of the molecule is CN(C)CCN(Cc1cnc[nH]1)C(=O)Cn1c(C2CC2)nc2ccccc21. The van der Waals surface area contributed by atoms with Crippen molar-refractivity contribution in [3.8, 4) is 0 Å². The van der Waals surface area contributed by atoms with Crippen LogP contribution in [0.2, 0.25) is 0 Å². The maximum absolute atomic E-state index is 13.2. The fraction of sp³-hybridized carbons (Fsp3) is 0.450. The highest BCUT2D eigenvalue weighted by Crippen LogP contribution is 2.40. The van der Waals surface area contributed by atoms with Crippen molar-refractivity contribution in [3.63, 3.8) is 0 Å². The Morgan fingerprint density at radius 3 is 2.78 bits per heavy atom. The number of fused-ring (bicyclic) bond motifs is 1. The summed E-state index contributed by atoms with van der Waals surface area (Å²) in [7, 11) is 4.04. The Bertz CT molecular complexity index is 910. The minimum absolute atomic E-state index is 0.108. The van der Waals surface area contributed by atoms with Gasteiger partial charge in [0.2, 0.25) is 5.91 Å². The molecule has 0 atom stereocenters. The number of likely N-dealkylation sites (N-methyl/N-ethyl adjacent to an activating group) is 1. The average molecular weight is 366 g/mol. The van der Waals surface area contributed by atoms with Crippen LogP contribution in [0.5, 0.6) is 0 Å². The molecule has 27 heavy (non-hydrogen) atoms. The highest BCUT2D eigenvalue weighted by molar-refractivity contribution is 5.81. The summed E-state index contributed by atoms with van der Waals surface area (Å²) in [5, 5.41) is 0. The summed E-state index contributed by atoms with van der Waals surface area (Å²) >= 11 is 0. The van der Waals surface area contributed by atoms with Crippen LogP contribution in [0.15, 0.2) is 36.8 Å². The third kappa shape index (κ3) is 4.03. The molecule has 3 aromatic rings. The largest absolute Gasteiger partial charge is 0.347 e. The lowest BCUT2D eigenvalue weighted by atomic mass is 10.3. The number of hydrogen-bond donors (Lipinski definition) is 1. The Morgan fingerprint density at radius 1 is 1.26 bits per heavy atom. The minimum Gasteiger partial charge on any atom is -0.347 e. The van der Waals surface area contributed by atoms with Gasteiger partial charge in [-0.25, -0.2) is 9.97 Å². The molecule has 1 N–H and O–H groups in total. The van der Waals surface area contributed by atoms with Crippen LogP contribution in [0.1, 0.15) is 30.3 Å². The van der Waals surface area contributed by atoms with E-state index in [1.807, 2.05) is 37.2 Å². The zero-order chi connectivity index (χ0) is 18.8. The number of aromatic nitrogens is 4. The summed E-state index contributed by atoms with van der Waals surface area (Å²) in [6, 6.07) is 8.09. The zero-order valence-corrected chi connectivity index (χ0v) is 15.9. The number of benzene rings is 1. The Balaban J connectivity index is 1.58. The molecule has 1 fully saturated rings. The molecule has 1 amide bonds. The number of para-hydroxylation sites is 2. The maximum Gasteiger partial charge on any atom is 0.242 e. The molecular weight excluding hydrogens is 340 g/mol. The number of nitrogens with zero attached hydrogens (tertiary/aromatic N) is 5. The molecule has 0 unspecified atom stereocenters. The monoisotopic (exact) mass is 366 g/mol. The van der Waals surface area contributed by atoms with Gasteiger partial charge >= 0.3 is 0 Å². The number of imidazole rings is 2. The lowest BCUT2D eigenvalue weighted by Gasteiger charge is -2.24. The van der Waals surface area contributed by atoms with Crippen molar-refractivity contribution in [2.24, 2.45) is 0 Å². The lowest BCUT2D eigenvalue weighted by Crippen LogP contribution is -2.38. The van der Waals surface area contributed by atoms with Crippen molar-refractivity contribution < 1.29 is 4.79 Å². The van der Waals surface area contributed by atoms with Crippen molar-refractivity contribution in [2.75, 3.05) is 27.2 Å². The summed E-state index contributed by atoms with van der Waals surface area (Å²) in [4.78, 5) is 29.2. The topological polar surface area (TPSA) is 70.0 Å². The first-order chi connectivity index (χ1) is 13.1. The van der Waals surface area contributed by atoms with E-state index in [1.54, 1.807) is 12.5 Å². The molecule has 7 heteroatoms. The number of carbonyl (C=O) groups is 1. The fourth-order valence-electron chi connectivity index (χ4n) is 3.34. The van der Waals surface area contributed by atoms with Crippen LogP contribution >= 0.6 is 0 Å². The van der Waals surface area contributed by atoms with Gasteiger partial charge in [-0.2, -0.15) is 0 Å². The molecule has 2 heterocycles. The van der Waals surface area contributed by atoms with Crippen molar-refractivity contribution in [1.29, 1.82) is 0 Å². The van der Waals surface area contributed by atoms with Crippen molar-refractivity contribution in [3.05, 3.63) is 48.3 Å². The number of amides is 1. The van der Waals surface area contributed by atoms with Crippen LogP contribution < -0.4 is 0 Å². The third-order valence-corrected chi connectivity index (χ3v) is 5.01. The second-order valence-corrected chi connectivity index (χ2v) is 7.51. The number of nitrogens with one attached hydrogen (secondary N) is 1. The van der Waals surface area contributed by atoms with E-state index in [-0.39, 0.29) is 5.91 Å². The van der Waals surface area contributed by atoms with Gasteiger partial charge in [-0.1, -0.05) is 12.1 Å². The van der Waals surface area contributed by atoms with E-state index in [9.17, 15) is 4.79 Å². The molecule has 142 valence electrons. The van der Waals surface area contributed by atoms with E-state index in [1.165, 1.54) is 0 Å². The molecule has 1 aromatic carbocycles. The highest BCUT2D eigenvalue weighted by Gasteiger charge is 2.30. The van der Waals surface area contributed by atoms with E-state index in [0.29, 0.717) is 25.6 Å². The third-order valence-electron chi connectivity index (χ3n) is 5.01. The van der Waals surface area contributed by atoms with E-state index in [0.717, 1.165) is 41.9 Å². The molecule has 1 aliphatic rings. The molecule has 1 saturated carbocycles. The lowest BCUT2D eigenvalue weighted by molar-refractivity contribution is -0.132. The van der Waals surface area contributed by atoms with Gasteiger partial charge in [0.05, 0.1) is 29.6 Å². The van der Waals surface area contributed by atoms with Gasteiger partial charge in [0.15, 0.2) is 0 Å². The maximum atomic E-state index is 13.2. The van der Waals surface area contributed by atoms with Gasteiger partial charge in [0.1, 0.15) is 12.4 Å². The van der Waals surface area contributed by atoms with Crippen LogP contribution in [0, 0.1) is 0 Å². The van der Waals surface area contributed by atoms with Crippen LogP contribution in [0.3, 0.4) is 0 Å². The molecule has 0 spiro atoms. The first-order valence-electron chi connectivity index (χ1n) is 9.46. The number of carbonyl (C=O) groups excluding carboxylic acids is 1. The summed E-state index contributed by atoms with van der Waals surface area (Å²) in [5.74, 6) is 1.66. The Kier molecular flexibility index (Phi) is 4.94. The molecule has 0 saturated heterocycles. The standard InChI is InChI=1S/C20H26N6O/c1-24(2)9-10-25(12-16-11-21-14-22-16)19(27)13-26-18-6-4-3-5-17(18)23-20(26)15-7-8-15/h3-6,11,14-15H,7-10,12-13H2,1-2H3,(H,21,22). The molecule has 4 rings (SSSR count). The predicted molar refractivity (Wildman–Crippen MR) is 104 cm³/mol. The van der Waals surface area contributed by atoms with Crippen LogP contribution in [0.25, 0.3) is 11.0 Å².